The van der Waals surface area contributed by atoms with Crippen LogP contribution in [0, 0.1) is 6.92 Å². The van der Waals surface area contributed by atoms with Gasteiger partial charge in [-0.2, -0.15) is 5.10 Å². The van der Waals surface area contributed by atoms with E-state index in [1.807, 2.05) is 6.92 Å². The molecule has 0 fully saturated rings. The summed E-state index contributed by atoms with van der Waals surface area (Å²) < 4.78 is 23.4. The van der Waals surface area contributed by atoms with Crippen LogP contribution in [0.25, 0.3) is 4.91 Å². The molecule has 0 bridgehead atoms. The summed E-state index contributed by atoms with van der Waals surface area (Å²) >= 11 is 3.27. The molecule has 1 atom stereocenters. The lowest BCUT2D eigenvalue weighted by atomic mass is 10.1. The molecule has 6 nitrogen and oxygen atoms in total. The van der Waals surface area contributed by atoms with Gasteiger partial charge in [0.15, 0.2) is 0 Å². The number of hydrazone groups is 1. The minimum atomic E-state index is -2.53. The predicted octanol–water partition coefficient (Wildman–Crippen LogP) is 1.45. The zero-order valence-corrected chi connectivity index (χ0v) is 13.2. The van der Waals surface area contributed by atoms with Gasteiger partial charge < -0.3 is 10.3 Å². The molecule has 0 spiro atoms. The number of aryl methyl sites for hydroxylation is 1. The highest BCUT2D eigenvalue weighted by Crippen LogP contribution is 2.27. The number of hydrogen-bond donors (Lipinski definition) is 1. The van der Waals surface area contributed by atoms with Crippen molar-refractivity contribution in [2.45, 2.75) is 6.92 Å². The number of hydrogen-bond acceptors (Lipinski definition) is 5. The second kappa shape index (κ2) is 6.87. The average molecular weight is 339 g/mol. The van der Waals surface area contributed by atoms with Gasteiger partial charge in [-0.05, 0) is 35.7 Å². The van der Waals surface area contributed by atoms with Gasteiger partial charge in [-0.15, -0.1) is 0 Å². The molecule has 116 valence electrons. The number of primary amides is 1. The highest BCUT2D eigenvalue weighted by Gasteiger charge is 2.19. The van der Waals surface area contributed by atoms with Gasteiger partial charge in [0.2, 0.25) is 5.91 Å². The van der Waals surface area contributed by atoms with Gasteiger partial charge in [-0.25, -0.2) is 0 Å². The molecule has 1 aromatic rings. The predicted molar refractivity (Wildman–Crippen MR) is 85.3 cm³/mol. The highest BCUT2D eigenvalue weighted by molar-refractivity contribution is 7.89. The molecule has 2 N–H and O–H groups in total. The van der Waals surface area contributed by atoms with E-state index in [1.54, 1.807) is 24.3 Å². The zero-order valence-electron chi connectivity index (χ0n) is 11.7. The summed E-state index contributed by atoms with van der Waals surface area (Å²) in [6, 6.07) is 6.96. The number of allylic oxidation sites excluding steroid dienone is 2. The minimum Gasteiger partial charge on any atom is -0.768 e. The summed E-state index contributed by atoms with van der Waals surface area (Å²) in [4.78, 5) is 11.2. The van der Waals surface area contributed by atoms with Gasteiger partial charge in [-0.1, -0.05) is 41.4 Å². The Morgan fingerprint density at radius 2 is 2.00 bits per heavy atom. The Labute approximate surface area is 135 Å². The summed E-state index contributed by atoms with van der Waals surface area (Å²) in [6.45, 7) is 1.62. The van der Waals surface area contributed by atoms with Crippen molar-refractivity contribution in [3.05, 3.63) is 53.2 Å². The van der Waals surface area contributed by atoms with Crippen molar-refractivity contribution in [3.8, 4) is 0 Å². The van der Waals surface area contributed by atoms with E-state index < -0.39 is 17.0 Å². The first-order valence-electron chi connectivity index (χ1n) is 6.27. The number of nitrogens with two attached hydrogens (primary N) is 1. The molecule has 1 aromatic carbocycles. The molecule has 0 aromatic heterocycles. The van der Waals surface area contributed by atoms with Crippen molar-refractivity contribution in [1.82, 2.24) is 5.01 Å². The molecule has 1 amide bonds. The molecule has 1 aliphatic heterocycles. The van der Waals surface area contributed by atoms with E-state index >= 15 is 0 Å². The van der Waals surface area contributed by atoms with E-state index in [9.17, 15) is 13.6 Å². The van der Waals surface area contributed by atoms with Gasteiger partial charge in [0, 0.05) is 0 Å². The third kappa shape index (κ3) is 3.82. The van der Waals surface area contributed by atoms with Crippen molar-refractivity contribution in [2.75, 3.05) is 6.54 Å². The number of rotatable bonds is 4. The highest BCUT2D eigenvalue weighted by atomic mass is 35.5. The van der Waals surface area contributed by atoms with Gasteiger partial charge >= 0.3 is 0 Å². The number of carbonyl (C=O) groups excluding carboxylic acids is 1. The van der Waals surface area contributed by atoms with E-state index in [-0.39, 0.29) is 22.3 Å². The molecule has 2 rings (SSSR count). The van der Waals surface area contributed by atoms with Crippen LogP contribution in [-0.2, 0) is 15.9 Å². The van der Waals surface area contributed by atoms with Crippen LogP contribution in [0.4, 0.5) is 0 Å². The Kier molecular flexibility index (Phi) is 5.12. The molecule has 22 heavy (non-hydrogen) atoms. The molecule has 1 unspecified atom stereocenters. The molecule has 1 aliphatic rings. The van der Waals surface area contributed by atoms with Gasteiger partial charge in [0.05, 0.1) is 10.6 Å². The first kappa shape index (κ1) is 16.4. The van der Waals surface area contributed by atoms with Crippen molar-refractivity contribution in [2.24, 2.45) is 10.8 Å². The molecule has 0 saturated carbocycles. The number of nitrogens with zero attached hydrogens (tertiary/aromatic N) is 2. The average Bonchev–Trinajstić information content (AvgIpc) is 2.42. The van der Waals surface area contributed by atoms with Crippen LogP contribution < -0.4 is 5.73 Å². The molecule has 0 radical (unpaired) electrons. The number of amides is 1. The Balaban J connectivity index is 2.57. The number of benzene rings is 1. The minimum absolute atomic E-state index is 0.0189. The maximum atomic E-state index is 11.7. The van der Waals surface area contributed by atoms with Crippen LogP contribution in [0.1, 0.15) is 11.1 Å². The van der Waals surface area contributed by atoms with Gasteiger partial charge in [0.1, 0.15) is 11.7 Å². The Bertz CT molecular complexity index is 711. The van der Waals surface area contributed by atoms with Crippen LogP contribution in [0.5, 0.6) is 0 Å². The summed E-state index contributed by atoms with van der Waals surface area (Å²) in [5.41, 5.74) is 6.90. The maximum Gasteiger partial charge on any atom is 0.239 e. The van der Waals surface area contributed by atoms with E-state index in [0.717, 1.165) is 5.56 Å². The Morgan fingerprint density at radius 1 is 1.36 bits per heavy atom. The summed E-state index contributed by atoms with van der Waals surface area (Å²) in [7, 11) is 0. The number of carbonyl (C=O) groups is 1. The summed E-state index contributed by atoms with van der Waals surface area (Å²) in [6.07, 6.45) is 2.94. The number of halogens is 1. The SMILES string of the molecule is Cc1ccc(C(=C2C=CC(Cl)=NN2CC(N)=O)S(=O)[O-])cc1. The fourth-order valence-corrected chi connectivity index (χ4v) is 2.76. The maximum absolute atomic E-state index is 11.7. The van der Waals surface area contributed by atoms with Crippen molar-refractivity contribution in [3.63, 3.8) is 0 Å². The van der Waals surface area contributed by atoms with Crippen LogP contribution in [0.3, 0.4) is 0 Å². The Hall–Kier alpha value is -1.96. The summed E-state index contributed by atoms with van der Waals surface area (Å²) in [5.74, 6) is -0.652. The van der Waals surface area contributed by atoms with Crippen molar-refractivity contribution >= 4 is 38.7 Å². The Morgan fingerprint density at radius 3 is 2.55 bits per heavy atom. The second-order valence-corrected chi connectivity index (χ2v) is 5.86. The van der Waals surface area contributed by atoms with Gasteiger partial charge in [-0.3, -0.25) is 14.0 Å². The lowest BCUT2D eigenvalue weighted by molar-refractivity contribution is -0.118. The van der Waals surface area contributed by atoms with Crippen LogP contribution in [0.15, 0.2) is 47.2 Å². The van der Waals surface area contributed by atoms with Gasteiger partial charge in [0.25, 0.3) is 0 Å². The normalized spacial score (nSPS) is 18.0. The fraction of sp³-hybridized carbons (Fsp3) is 0.143. The lowest BCUT2D eigenvalue weighted by Gasteiger charge is -2.26. The van der Waals surface area contributed by atoms with Crippen LogP contribution in [-0.4, -0.2) is 31.4 Å². The molecular weight excluding hydrogens is 326 g/mol. The lowest BCUT2D eigenvalue weighted by Crippen LogP contribution is -2.31. The molecule has 8 heteroatoms. The first-order chi connectivity index (χ1) is 10.4. The van der Waals surface area contributed by atoms with E-state index in [4.69, 9.17) is 17.3 Å². The van der Waals surface area contributed by atoms with Crippen LogP contribution >= 0.6 is 11.6 Å². The van der Waals surface area contributed by atoms with E-state index in [0.29, 0.717) is 5.56 Å². The van der Waals surface area contributed by atoms with E-state index in [2.05, 4.69) is 5.10 Å². The van der Waals surface area contributed by atoms with E-state index in [1.165, 1.54) is 17.2 Å². The third-order valence-corrected chi connectivity index (χ3v) is 3.87. The second-order valence-electron chi connectivity index (χ2n) is 4.60. The largest absolute Gasteiger partial charge is 0.768 e. The topological polar surface area (TPSA) is 98.8 Å². The first-order valence-corrected chi connectivity index (χ1v) is 7.72. The molecule has 1 heterocycles. The fourth-order valence-electron chi connectivity index (χ4n) is 1.93. The zero-order chi connectivity index (χ0) is 16.3. The monoisotopic (exact) mass is 338 g/mol. The van der Waals surface area contributed by atoms with Crippen LogP contribution in [0.2, 0.25) is 0 Å². The third-order valence-electron chi connectivity index (χ3n) is 2.89. The standard InChI is InChI=1S/C14H14ClN3O3S/c1-9-2-4-10(5-3-9)14(22(20)21)11-6-7-12(15)17-18(11)8-13(16)19/h2-7H,8H2,1H3,(H2,16,19)(H,20,21)/p-1. The summed E-state index contributed by atoms with van der Waals surface area (Å²) in [5, 5.41) is 5.25. The van der Waals surface area contributed by atoms with Crippen molar-refractivity contribution in [1.29, 1.82) is 0 Å². The molecular formula is C14H13ClN3O3S-. The van der Waals surface area contributed by atoms with Crippen molar-refractivity contribution < 1.29 is 13.6 Å². The molecule has 0 aliphatic carbocycles. The smallest absolute Gasteiger partial charge is 0.239 e. The molecule has 0 saturated heterocycles. The quantitative estimate of drug-likeness (QED) is 0.840.